The molecular formula is C11H20O2. The molecule has 1 saturated heterocycles. The van der Waals surface area contributed by atoms with Crippen molar-refractivity contribution in [2.75, 3.05) is 6.61 Å². The van der Waals surface area contributed by atoms with Crippen molar-refractivity contribution in [3.8, 4) is 0 Å². The van der Waals surface area contributed by atoms with Crippen molar-refractivity contribution in [2.24, 2.45) is 0 Å². The van der Waals surface area contributed by atoms with Crippen LogP contribution >= 0.6 is 0 Å². The number of rotatable bonds is 5. The van der Waals surface area contributed by atoms with E-state index in [2.05, 4.69) is 6.92 Å². The zero-order chi connectivity index (χ0) is 9.52. The molecule has 0 N–H and O–H groups in total. The summed E-state index contributed by atoms with van der Waals surface area (Å²) in [5.41, 5.74) is 0. The van der Waals surface area contributed by atoms with Crippen LogP contribution in [0.2, 0.25) is 0 Å². The third-order valence-corrected chi connectivity index (χ3v) is 2.31. The van der Waals surface area contributed by atoms with Crippen LogP contribution in [0.15, 0.2) is 12.0 Å². The fourth-order valence-corrected chi connectivity index (χ4v) is 1.50. The van der Waals surface area contributed by atoms with Gasteiger partial charge in [-0.2, -0.15) is 0 Å². The van der Waals surface area contributed by atoms with Gasteiger partial charge in [-0.05, 0) is 25.8 Å². The van der Waals surface area contributed by atoms with Crippen LogP contribution in [-0.2, 0) is 9.47 Å². The van der Waals surface area contributed by atoms with Crippen molar-refractivity contribution in [1.82, 2.24) is 0 Å². The first kappa shape index (κ1) is 10.4. The van der Waals surface area contributed by atoms with Gasteiger partial charge in [0.15, 0.2) is 0 Å². The second-order valence-electron chi connectivity index (χ2n) is 3.51. The summed E-state index contributed by atoms with van der Waals surface area (Å²) in [7, 11) is 0. The number of allylic oxidation sites excluding steroid dienone is 1. The smallest absolute Gasteiger partial charge is 0.275 e. The Kier molecular flexibility index (Phi) is 4.73. The summed E-state index contributed by atoms with van der Waals surface area (Å²) >= 11 is 0. The van der Waals surface area contributed by atoms with Crippen LogP contribution in [-0.4, -0.2) is 12.7 Å². The standard InChI is InChI=1S/C11H20O2/c1-3-5-6-7-8-10-9-12-11(4-2)13-10/h4,10H,3,5-9H2,1-2H3/b11-4+. The quantitative estimate of drug-likeness (QED) is 0.611. The second-order valence-corrected chi connectivity index (χ2v) is 3.51. The molecule has 1 fully saturated rings. The Bertz CT molecular complexity index is 163. The van der Waals surface area contributed by atoms with Gasteiger partial charge in [0.2, 0.25) is 0 Å². The molecule has 0 saturated carbocycles. The van der Waals surface area contributed by atoms with E-state index in [1.54, 1.807) is 0 Å². The van der Waals surface area contributed by atoms with Crippen LogP contribution in [0.5, 0.6) is 0 Å². The average molecular weight is 184 g/mol. The molecule has 0 aliphatic carbocycles. The molecule has 2 heteroatoms. The van der Waals surface area contributed by atoms with Gasteiger partial charge < -0.3 is 9.47 Å². The van der Waals surface area contributed by atoms with Crippen molar-refractivity contribution in [1.29, 1.82) is 0 Å². The van der Waals surface area contributed by atoms with Crippen molar-refractivity contribution >= 4 is 0 Å². The first-order valence-corrected chi connectivity index (χ1v) is 5.32. The SMILES string of the molecule is C/C=C1\OCC(CCCCCC)O1. The molecule has 1 heterocycles. The minimum Gasteiger partial charge on any atom is -0.462 e. The highest BCUT2D eigenvalue weighted by Crippen LogP contribution is 2.19. The number of hydrogen-bond acceptors (Lipinski definition) is 2. The summed E-state index contributed by atoms with van der Waals surface area (Å²) in [6, 6.07) is 0. The lowest BCUT2D eigenvalue weighted by Gasteiger charge is -2.05. The lowest BCUT2D eigenvalue weighted by atomic mass is 10.1. The predicted octanol–water partition coefficient (Wildman–Crippen LogP) is 3.23. The van der Waals surface area contributed by atoms with Crippen LogP contribution in [0.25, 0.3) is 0 Å². The summed E-state index contributed by atoms with van der Waals surface area (Å²) in [6.07, 6.45) is 8.54. The van der Waals surface area contributed by atoms with E-state index >= 15 is 0 Å². The first-order chi connectivity index (χ1) is 6.36. The lowest BCUT2D eigenvalue weighted by molar-refractivity contribution is 0.135. The van der Waals surface area contributed by atoms with Crippen LogP contribution in [0.1, 0.15) is 46.0 Å². The van der Waals surface area contributed by atoms with E-state index < -0.39 is 0 Å². The monoisotopic (exact) mass is 184 g/mol. The lowest BCUT2D eigenvalue weighted by Crippen LogP contribution is -2.08. The minimum atomic E-state index is 0.308. The molecule has 0 aromatic heterocycles. The summed E-state index contributed by atoms with van der Waals surface area (Å²) in [5, 5.41) is 0. The third-order valence-electron chi connectivity index (χ3n) is 2.31. The number of hydrogen-bond donors (Lipinski definition) is 0. The van der Waals surface area contributed by atoms with Gasteiger partial charge in [-0.1, -0.05) is 26.2 Å². The normalized spacial score (nSPS) is 24.5. The van der Waals surface area contributed by atoms with Gasteiger partial charge >= 0.3 is 0 Å². The third kappa shape index (κ3) is 3.71. The highest BCUT2D eigenvalue weighted by atomic mass is 16.7. The van der Waals surface area contributed by atoms with Crippen LogP contribution in [0, 0.1) is 0 Å². The summed E-state index contributed by atoms with van der Waals surface area (Å²) in [6.45, 7) is 4.91. The molecule has 1 rings (SSSR count). The highest BCUT2D eigenvalue weighted by molar-refractivity contribution is 4.86. The van der Waals surface area contributed by atoms with Crippen molar-refractivity contribution < 1.29 is 9.47 Å². The Labute approximate surface area is 80.9 Å². The van der Waals surface area contributed by atoms with Gasteiger partial charge in [0, 0.05) is 0 Å². The molecule has 0 radical (unpaired) electrons. The fraction of sp³-hybridized carbons (Fsp3) is 0.818. The molecule has 13 heavy (non-hydrogen) atoms. The summed E-state index contributed by atoms with van der Waals surface area (Å²) < 4.78 is 10.8. The van der Waals surface area contributed by atoms with Gasteiger partial charge in [-0.25, -0.2) is 0 Å². The van der Waals surface area contributed by atoms with E-state index in [1.165, 1.54) is 25.7 Å². The molecule has 0 bridgehead atoms. The van der Waals surface area contributed by atoms with E-state index in [0.717, 1.165) is 13.0 Å². The Morgan fingerprint density at radius 1 is 1.38 bits per heavy atom. The fourth-order valence-electron chi connectivity index (χ4n) is 1.50. The Morgan fingerprint density at radius 3 is 2.85 bits per heavy atom. The highest BCUT2D eigenvalue weighted by Gasteiger charge is 2.20. The Balaban J connectivity index is 2.04. The molecule has 0 spiro atoms. The summed E-state index contributed by atoms with van der Waals surface area (Å²) in [5.74, 6) is 0.709. The van der Waals surface area contributed by atoms with E-state index in [1.807, 2.05) is 13.0 Å². The summed E-state index contributed by atoms with van der Waals surface area (Å²) in [4.78, 5) is 0. The number of unbranched alkanes of at least 4 members (excludes halogenated alkanes) is 3. The first-order valence-electron chi connectivity index (χ1n) is 5.32. The minimum absolute atomic E-state index is 0.308. The molecular weight excluding hydrogens is 164 g/mol. The molecule has 0 amide bonds. The Hall–Kier alpha value is -0.660. The van der Waals surface area contributed by atoms with E-state index in [9.17, 15) is 0 Å². The molecule has 1 unspecified atom stereocenters. The maximum atomic E-state index is 5.53. The van der Waals surface area contributed by atoms with Crippen LogP contribution < -0.4 is 0 Å². The predicted molar refractivity (Wildman–Crippen MR) is 53.3 cm³/mol. The molecule has 1 aliphatic rings. The van der Waals surface area contributed by atoms with Crippen molar-refractivity contribution in [2.45, 2.75) is 52.1 Å². The zero-order valence-electron chi connectivity index (χ0n) is 8.71. The second kappa shape index (κ2) is 5.90. The maximum absolute atomic E-state index is 5.53. The van der Waals surface area contributed by atoms with E-state index in [0.29, 0.717) is 12.0 Å². The van der Waals surface area contributed by atoms with Gasteiger partial charge in [0.05, 0.1) is 0 Å². The molecule has 1 aliphatic heterocycles. The van der Waals surface area contributed by atoms with Crippen molar-refractivity contribution in [3.05, 3.63) is 12.0 Å². The van der Waals surface area contributed by atoms with Gasteiger partial charge in [0.1, 0.15) is 12.7 Å². The molecule has 0 aromatic rings. The zero-order valence-corrected chi connectivity index (χ0v) is 8.71. The van der Waals surface area contributed by atoms with E-state index in [4.69, 9.17) is 9.47 Å². The van der Waals surface area contributed by atoms with Crippen LogP contribution in [0.3, 0.4) is 0 Å². The van der Waals surface area contributed by atoms with Gasteiger partial charge in [-0.15, -0.1) is 0 Å². The molecule has 2 nitrogen and oxygen atoms in total. The number of ether oxygens (including phenoxy) is 2. The molecule has 76 valence electrons. The van der Waals surface area contributed by atoms with Crippen LogP contribution in [0.4, 0.5) is 0 Å². The van der Waals surface area contributed by atoms with Gasteiger partial charge in [-0.3, -0.25) is 0 Å². The largest absolute Gasteiger partial charge is 0.462 e. The molecule has 1 atom stereocenters. The molecule has 0 aromatic carbocycles. The average Bonchev–Trinajstić information content (AvgIpc) is 2.60. The Morgan fingerprint density at radius 2 is 2.23 bits per heavy atom. The topological polar surface area (TPSA) is 18.5 Å². The maximum Gasteiger partial charge on any atom is 0.275 e. The van der Waals surface area contributed by atoms with E-state index in [-0.39, 0.29) is 0 Å². The van der Waals surface area contributed by atoms with Gasteiger partial charge in [0.25, 0.3) is 5.95 Å². The van der Waals surface area contributed by atoms with Crippen molar-refractivity contribution in [3.63, 3.8) is 0 Å².